The normalized spacial score (nSPS) is 30.8. The van der Waals surface area contributed by atoms with Crippen LogP contribution >= 0.6 is 0 Å². The summed E-state index contributed by atoms with van der Waals surface area (Å²) < 4.78 is 5.20. The van der Waals surface area contributed by atoms with Crippen molar-refractivity contribution >= 4 is 5.97 Å². The number of rotatable bonds is 4. The second-order valence-corrected chi connectivity index (χ2v) is 4.76. The Morgan fingerprint density at radius 2 is 2.12 bits per heavy atom. The van der Waals surface area contributed by atoms with Crippen molar-refractivity contribution in [1.29, 1.82) is 0 Å². The fourth-order valence-electron chi connectivity index (χ4n) is 2.65. The molecule has 2 unspecified atom stereocenters. The first-order valence-corrected chi connectivity index (χ1v) is 6.54. The van der Waals surface area contributed by atoms with Crippen LogP contribution in [0.15, 0.2) is 0 Å². The van der Waals surface area contributed by atoms with Crippen LogP contribution in [0.5, 0.6) is 0 Å². The zero-order valence-electron chi connectivity index (χ0n) is 10.8. The first-order chi connectivity index (χ1) is 7.68. The molecule has 1 saturated carbocycles. The summed E-state index contributed by atoms with van der Waals surface area (Å²) in [5.74, 6) is 0.721. The van der Waals surface area contributed by atoms with Crippen molar-refractivity contribution < 1.29 is 9.53 Å². The third kappa shape index (κ3) is 2.97. The topological polar surface area (TPSA) is 38.3 Å². The molecule has 0 heterocycles. The number of nitrogens with one attached hydrogen (secondary N) is 1. The summed E-state index contributed by atoms with van der Waals surface area (Å²) in [4.78, 5) is 12.0. The molecule has 3 nitrogen and oxygen atoms in total. The van der Waals surface area contributed by atoms with Crippen molar-refractivity contribution in [2.75, 3.05) is 13.7 Å². The highest BCUT2D eigenvalue weighted by Gasteiger charge is 2.39. The van der Waals surface area contributed by atoms with Crippen molar-refractivity contribution in [3.63, 3.8) is 0 Å². The van der Waals surface area contributed by atoms with E-state index in [9.17, 15) is 4.79 Å². The zero-order valence-corrected chi connectivity index (χ0v) is 10.8. The van der Waals surface area contributed by atoms with Gasteiger partial charge in [-0.25, -0.2) is 0 Å². The van der Waals surface area contributed by atoms with E-state index < -0.39 is 5.54 Å². The number of carbonyl (C=O) groups is 1. The van der Waals surface area contributed by atoms with E-state index in [0.29, 0.717) is 6.61 Å². The maximum atomic E-state index is 12.0. The zero-order chi connectivity index (χ0) is 12.0. The Kier molecular flexibility index (Phi) is 5.26. The van der Waals surface area contributed by atoms with E-state index in [4.69, 9.17) is 4.74 Å². The molecule has 0 bridgehead atoms. The lowest BCUT2D eigenvalue weighted by molar-refractivity contribution is -0.151. The second kappa shape index (κ2) is 6.24. The number of hydrogen-bond donors (Lipinski definition) is 1. The van der Waals surface area contributed by atoms with Crippen molar-refractivity contribution in [2.24, 2.45) is 5.92 Å². The summed E-state index contributed by atoms with van der Waals surface area (Å²) in [6, 6.07) is 0. The van der Waals surface area contributed by atoms with Crippen LogP contribution in [0.1, 0.15) is 52.4 Å². The largest absolute Gasteiger partial charge is 0.465 e. The molecule has 0 aromatic rings. The van der Waals surface area contributed by atoms with E-state index in [1.165, 1.54) is 12.8 Å². The summed E-state index contributed by atoms with van der Waals surface area (Å²) >= 11 is 0. The SMILES string of the molecule is CCOC(=O)C1(NC)CCCC(CC)CC1. The van der Waals surface area contributed by atoms with Crippen LogP contribution in [0.3, 0.4) is 0 Å². The lowest BCUT2D eigenvalue weighted by atomic mass is 9.89. The van der Waals surface area contributed by atoms with Gasteiger partial charge in [-0.3, -0.25) is 4.79 Å². The van der Waals surface area contributed by atoms with Crippen LogP contribution in [-0.4, -0.2) is 25.2 Å². The van der Waals surface area contributed by atoms with Gasteiger partial charge in [0.05, 0.1) is 6.61 Å². The predicted octanol–water partition coefficient (Wildman–Crippen LogP) is 2.50. The molecule has 0 spiro atoms. The third-order valence-corrected chi connectivity index (χ3v) is 3.92. The molecule has 1 aliphatic carbocycles. The Bertz CT molecular complexity index is 230. The minimum absolute atomic E-state index is 0.0609. The highest BCUT2D eigenvalue weighted by atomic mass is 16.5. The molecule has 0 aromatic carbocycles. The molecule has 1 rings (SSSR count). The van der Waals surface area contributed by atoms with Crippen molar-refractivity contribution in [1.82, 2.24) is 5.32 Å². The third-order valence-electron chi connectivity index (χ3n) is 3.92. The lowest BCUT2D eigenvalue weighted by Crippen LogP contribution is -2.51. The Morgan fingerprint density at radius 3 is 2.69 bits per heavy atom. The maximum Gasteiger partial charge on any atom is 0.326 e. The van der Waals surface area contributed by atoms with Gasteiger partial charge < -0.3 is 10.1 Å². The van der Waals surface area contributed by atoms with E-state index in [2.05, 4.69) is 12.2 Å². The van der Waals surface area contributed by atoms with E-state index in [1.54, 1.807) is 0 Å². The molecule has 0 amide bonds. The minimum Gasteiger partial charge on any atom is -0.465 e. The monoisotopic (exact) mass is 227 g/mol. The maximum absolute atomic E-state index is 12.0. The Hall–Kier alpha value is -0.570. The van der Waals surface area contributed by atoms with Crippen LogP contribution in [0.25, 0.3) is 0 Å². The van der Waals surface area contributed by atoms with Gasteiger partial charge in [-0.15, -0.1) is 0 Å². The lowest BCUT2D eigenvalue weighted by Gasteiger charge is -2.29. The molecule has 0 radical (unpaired) electrons. The smallest absolute Gasteiger partial charge is 0.326 e. The molecule has 94 valence electrons. The molecule has 1 N–H and O–H groups in total. The average Bonchev–Trinajstić information content (AvgIpc) is 2.52. The molecule has 0 aromatic heterocycles. The molecular formula is C13H25NO2. The Balaban J connectivity index is 2.68. The second-order valence-electron chi connectivity index (χ2n) is 4.76. The van der Waals surface area contributed by atoms with Gasteiger partial charge in [-0.1, -0.05) is 26.2 Å². The predicted molar refractivity (Wildman–Crippen MR) is 65.3 cm³/mol. The summed E-state index contributed by atoms with van der Waals surface area (Å²) in [5, 5.41) is 3.21. The van der Waals surface area contributed by atoms with Gasteiger partial charge in [0.2, 0.25) is 0 Å². The quantitative estimate of drug-likeness (QED) is 0.592. The van der Waals surface area contributed by atoms with E-state index in [0.717, 1.165) is 31.6 Å². The van der Waals surface area contributed by atoms with Crippen molar-refractivity contribution in [3.05, 3.63) is 0 Å². The van der Waals surface area contributed by atoms with Gasteiger partial charge in [-0.2, -0.15) is 0 Å². The average molecular weight is 227 g/mol. The van der Waals surface area contributed by atoms with Gasteiger partial charge in [0.15, 0.2) is 0 Å². The van der Waals surface area contributed by atoms with E-state index in [1.807, 2.05) is 14.0 Å². The Morgan fingerprint density at radius 1 is 1.38 bits per heavy atom. The van der Waals surface area contributed by atoms with Crippen LogP contribution < -0.4 is 5.32 Å². The van der Waals surface area contributed by atoms with Crippen LogP contribution in [0, 0.1) is 5.92 Å². The van der Waals surface area contributed by atoms with Crippen LogP contribution in [-0.2, 0) is 9.53 Å². The summed E-state index contributed by atoms with van der Waals surface area (Å²) in [7, 11) is 1.88. The van der Waals surface area contributed by atoms with E-state index in [-0.39, 0.29) is 5.97 Å². The fraction of sp³-hybridized carbons (Fsp3) is 0.923. The number of hydrogen-bond acceptors (Lipinski definition) is 3. The Labute approximate surface area is 98.9 Å². The molecule has 0 aliphatic heterocycles. The van der Waals surface area contributed by atoms with Crippen molar-refractivity contribution in [2.45, 2.75) is 57.9 Å². The fourth-order valence-corrected chi connectivity index (χ4v) is 2.65. The molecule has 16 heavy (non-hydrogen) atoms. The van der Waals surface area contributed by atoms with Gasteiger partial charge in [0.25, 0.3) is 0 Å². The highest BCUT2D eigenvalue weighted by Crippen LogP contribution is 2.32. The molecular weight excluding hydrogens is 202 g/mol. The first kappa shape index (κ1) is 13.5. The number of carbonyl (C=O) groups excluding carboxylic acids is 1. The molecule has 2 atom stereocenters. The molecule has 1 fully saturated rings. The van der Waals surface area contributed by atoms with Crippen molar-refractivity contribution in [3.8, 4) is 0 Å². The van der Waals surface area contributed by atoms with Crippen LogP contribution in [0.4, 0.5) is 0 Å². The van der Waals surface area contributed by atoms with Gasteiger partial charge in [0, 0.05) is 0 Å². The molecule has 3 heteroatoms. The number of ether oxygens (including phenoxy) is 1. The number of esters is 1. The van der Waals surface area contributed by atoms with Gasteiger partial charge in [-0.05, 0) is 39.2 Å². The highest BCUT2D eigenvalue weighted by molar-refractivity contribution is 5.80. The summed E-state index contributed by atoms with van der Waals surface area (Å²) in [5.41, 5.74) is -0.417. The first-order valence-electron chi connectivity index (χ1n) is 6.54. The minimum atomic E-state index is -0.417. The number of likely N-dealkylation sites (N-methyl/N-ethyl adjacent to an activating group) is 1. The van der Waals surface area contributed by atoms with Gasteiger partial charge in [0.1, 0.15) is 5.54 Å². The summed E-state index contributed by atoms with van der Waals surface area (Å²) in [6.45, 7) is 4.58. The molecule has 0 saturated heterocycles. The molecule has 1 aliphatic rings. The summed E-state index contributed by atoms with van der Waals surface area (Å²) in [6.07, 6.45) is 6.57. The van der Waals surface area contributed by atoms with E-state index >= 15 is 0 Å². The standard InChI is InChI=1S/C13H25NO2/c1-4-11-7-6-9-13(14-3,10-8-11)12(15)16-5-2/h11,14H,4-10H2,1-3H3. The van der Waals surface area contributed by atoms with Gasteiger partial charge >= 0.3 is 5.97 Å². The van der Waals surface area contributed by atoms with Crippen LogP contribution in [0.2, 0.25) is 0 Å².